The van der Waals surface area contributed by atoms with Gasteiger partial charge in [0.2, 0.25) is 0 Å². The van der Waals surface area contributed by atoms with Crippen molar-refractivity contribution in [1.29, 1.82) is 0 Å². The van der Waals surface area contributed by atoms with Gasteiger partial charge in [0.15, 0.2) is 5.75 Å². The number of aromatic nitrogens is 4. The molecule has 8 rings (SSSR count). The molecule has 2 aliphatic rings. The Kier molecular flexibility index (Phi) is 9.54. The van der Waals surface area contributed by atoms with Gasteiger partial charge in [-0.25, -0.2) is 9.97 Å². The fraction of sp³-hybridized carbons (Fsp3) is 0.296. The first-order valence-corrected chi connectivity index (χ1v) is 20.9. The summed E-state index contributed by atoms with van der Waals surface area (Å²) in [4.78, 5) is 18.2. The van der Waals surface area contributed by atoms with Crippen molar-refractivity contribution in [3.63, 3.8) is 0 Å². The minimum absolute atomic E-state index is 0.0780. The van der Waals surface area contributed by atoms with E-state index in [1.807, 2.05) is 18.2 Å². The van der Waals surface area contributed by atoms with E-state index in [1.54, 1.807) is 0 Å². The topological polar surface area (TPSA) is 77.6 Å². The second kappa shape index (κ2) is 14.1. The van der Waals surface area contributed by atoms with Crippen molar-refractivity contribution in [1.82, 2.24) is 19.9 Å². The summed E-state index contributed by atoms with van der Waals surface area (Å²) < 4.78 is 0. The van der Waals surface area contributed by atoms with Crippen LogP contribution in [0.15, 0.2) is 91.0 Å². The van der Waals surface area contributed by atoms with E-state index in [0.717, 1.165) is 67.0 Å². The van der Waals surface area contributed by atoms with Crippen molar-refractivity contribution in [2.75, 3.05) is 0 Å². The first-order valence-electron chi connectivity index (χ1n) is 20.9. The number of nitrogens with zero attached hydrogens (tertiary/aromatic N) is 2. The molecule has 0 aliphatic carbocycles. The van der Waals surface area contributed by atoms with Crippen LogP contribution in [0.1, 0.15) is 128 Å². The highest BCUT2D eigenvalue weighted by Gasteiger charge is 2.25. The maximum absolute atomic E-state index is 12.0. The zero-order valence-corrected chi connectivity index (χ0v) is 36.8. The molecule has 8 bridgehead atoms. The summed E-state index contributed by atoms with van der Waals surface area (Å²) in [6, 6.07) is 32.8. The van der Waals surface area contributed by atoms with Gasteiger partial charge in [0, 0.05) is 33.2 Å². The Bertz CT molecular complexity index is 2720. The summed E-state index contributed by atoms with van der Waals surface area (Å²) in [5.74, 6) is 0.0916. The molecule has 0 spiro atoms. The van der Waals surface area contributed by atoms with Gasteiger partial charge in [0.05, 0.1) is 22.6 Å². The lowest BCUT2D eigenvalue weighted by Crippen LogP contribution is -2.16. The molecule has 0 saturated heterocycles. The van der Waals surface area contributed by atoms with Crippen LogP contribution in [0.4, 0.5) is 0 Å². The van der Waals surface area contributed by atoms with Crippen LogP contribution in [0.2, 0.25) is 0 Å². The molecule has 0 radical (unpaired) electrons. The molecule has 0 unspecified atom stereocenters. The third-order valence-electron chi connectivity index (χ3n) is 11.7. The lowest BCUT2D eigenvalue weighted by molar-refractivity contribution is 0.477. The van der Waals surface area contributed by atoms with E-state index in [1.165, 1.54) is 22.3 Å². The van der Waals surface area contributed by atoms with Gasteiger partial charge in [0.25, 0.3) is 0 Å². The number of fused-ring (bicyclic) bond motifs is 8. The molecule has 5 heteroatoms. The standard InChI is InChI=1S/C54H58N4O/c1-51(2,3)35-26-33(27-36(30-35)52(4,5)6)48-41-20-18-39(55-41)47(32-16-14-13-15-17-32)40-19-21-42(56-40)49(34-28-37(53(7,8)9)31-38(29-34)54(10,11)12)44-23-25-46(58-44)50(59)45-24-22-43(48)57-45/h13-31,55,58-59H,1-12H3. The smallest absolute Gasteiger partial charge is 0.165 e. The molecule has 5 nitrogen and oxygen atoms in total. The average molecular weight is 779 g/mol. The van der Waals surface area contributed by atoms with Crippen molar-refractivity contribution in [2.24, 2.45) is 0 Å². The van der Waals surface area contributed by atoms with Gasteiger partial charge in [-0.15, -0.1) is 0 Å². The van der Waals surface area contributed by atoms with Crippen LogP contribution < -0.4 is 0 Å². The van der Waals surface area contributed by atoms with Gasteiger partial charge >= 0.3 is 0 Å². The number of hydrogen-bond acceptors (Lipinski definition) is 3. The molecule has 0 fully saturated rings. The monoisotopic (exact) mass is 778 g/mol. The first kappa shape index (κ1) is 39.9. The van der Waals surface area contributed by atoms with E-state index in [2.05, 4.69) is 190 Å². The second-order valence-electron chi connectivity index (χ2n) is 20.4. The predicted octanol–water partition coefficient (Wildman–Crippen LogP) is 14.6. The van der Waals surface area contributed by atoms with Gasteiger partial charge in [-0.3, -0.25) is 0 Å². The average Bonchev–Trinajstić information content (AvgIpc) is 4.00. The molecule has 2 aliphatic heterocycles. The van der Waals surface area contributed by atoms with Gasteiger partial charge < -0.3 is 15.1 Å². The number of rotatable bonds is 3. The van der Waals surface area contributed by atoms with Gasteiger partial charge in [-0.1, -0.05) is 150 Å². The maximum atomic E-state index is 12.0. The highest BCUT2D eigenvalue weighted by molar-refractivity contribution is 5.98. The molecule has 0 amide bonds. The number of aromatic hydroxyl groups is 1. The van der Waals surface area contributed by atoms with E-state index in [-0.39, 0.29) is 27.4 Å². The van der Waals surface area contributed by atoms with E-state index >= 15 is 0 Å². The van der Waals surface area contributed by atoms with E-state index in [4.69, 9.17) is 9.97 Å². The highest BCUT2D eigenvalue weighted by Crippen LogP contribution is 2.41. The number of aromatic amines is 2. The minimum Gasteiger partial charge on any atom is -0.504 e. The Morgan fingerprint density at radius 2 is 0.695 bits per heavy atom. The zero-order chi connectivity index (χ0) is 42.2. The van der Waals surface area contributed by atoms with E-state index in [0.29, 0.717) is 11.2 Å². The molecule has 3 N–H and O–H groups in total. The SMILES string of the molecule is CC(C)(C)c1cc(-c2c3nc(c(-c4ccccc4)c4ccc([nH]4)c(-c4cc(C(C)(C)C)cc(C(C)(C)C)c4)c4nc(c(O)c5ccc2[nH]5)C=C4)C=C3)cc(C(C)(C)C)c1. The Morgan fingerprint density at radius 1 is 0.373 bits per heavy atom. The van der Waals surface area contributed by atoms with Crippen molar-refractivity contribution in [3.8, 4) is 39.1 Å². The number of benzene rings is 3. The Labute approximate surface area is 350 Å². The maximum Gasteiger partial charge on any atom is 0.165 e. The zero-order valence-electron chi connectivity index (χ0n) is 36.8. The number of hydrogen-bond donors (Lipinski definition) is 3. The first-order chi connectivity index (χ1) is 27.6. The third kappa shape index (κ3) is 7.71. The summed E-state index contributed by atoms with van der Waals surface area (Å²) in [5, 5.41) is 12.0. The van der Waals surface area contributed by atoms with Crippen LogP contribution >= 0.6 is 0 Å². The fourth-order valence-corrected chi connectivity index (χ4v) is 7.98. The summed E-state index contributed by atoms with van der Waals surface area (Å²) in [6.45, 7) is 27.2. The van der Waals surface area contributed by atoms with Gasteiger partial charge in [-0.05, 0) is 109 Å². The summed E-state index contributed by atoms with van der Waals surface area (Å²) in [5.41, 5.74) is 17.2. The lowest BCUT2D eigenvalue weighted by atomic mass is 9.78. The van der Waals surface area contributed by atoms with Crippen LogP contribution in [-0.4, -0.2) is 25.0 Å². The van der Waals surface area contributed by atoms with Crippen molar-refractivity contribution in [2.45, 2.75) is 105 Å². The van der Waals surface area contributed by atoms with Crippen LogP contribution in [0, 0.1) is 0 Å². The number of nitrogens with one attached hydrogen (secondary N) is 2. The molecular formula is C54H58N4O. The number of H-pyrrole nitrogens is 2. The molecule has 3 aromatic carbocycles. The molecular weight excluding hydrogens is 721 g/mol. The van der Waals surface area contributed by atoms with Crippen molar-refractivity contribution in [3.05, 3.63) is 136 Å². The molecule has 3 aromatic heterocycles. The van der Waals surface area contributed by atoms with Crippen LogP contribution in [0.25, 0.3) is 79.8 Å². The fourth-order valence-electron chi connectivity index (χ4n) is 7.98. The normalized spacial score (nSPS) is 13.4. The summed E-state index contributed by atoms with van der Waals surface area (Å²) in [7, 11) is 0. The highest BCUT2D eigenvalue weighted by atomic mass is 16.3. The molecule has 59 heavy (non-hydrogen) atoms. The third-order valence-corrected chi connectivity index (χ3v) is 11.7. The summed E-state index contributed by atoms with van der Waals surface area (Å²) in [6.07, 6.45) is 8.22. The Balaban J connectivity index is 1.54. The molecule has 0 atom stereocenters. The molecule has 300 valence electrons. The minimum atomic E-state index is -0.0780. The van der Waals surface area contributed by atoms with Crippen molar-refractivity contribution >= 4 is 46.4 Å². The van der Waals surface area contributed by atoms with Crippen LogP contribution in [-0.2, 0) is 21.7 Å². The Hall–Kier alpha value is -5.94. The second-order valence-corrected chi connectivity index (χ2v) is 20.4. The molecule has 5 heterocycles. The Morgan fingerprint density at radius 3 is 1.08 bits per heavy atom. The molecule has 6 aromatic rings. The summed E-state index contributed by atoms with van der Waals surface area (Å²) >= 11 is 0. The quantitative estimate of drug-likeness (QED) is 0.167. The van der Waals surface area contributed by atoms with Gasteiger partial charge in [-0.2, -0.15) is 0 Å². The van der Waals surface area contributed by atoms with Crippen LogP contribution in [0.5, 0.6) is 5.75 Å². The largest absolute Gasteiger partial charge is 0.504 e. The van der Waals surface area contributed by atoms with Gasteiger partial charge in [0.1, 0.15) is 5.69 Å². The van der Waals surface area contributed by atoms with E-state index < -0.39 is 0 Å². The van der Waals surface area contributed by atoms with E-state index in [9.17, 15) is 5.11 Å². The predicted molar refractivity (Wildman–Crippen MR) is 252 cm³/mol. The van der Waals surface area contributed by atoms with Crippen LogP contribution in [0.3, 0.4) is 0 Å². The van der Waals surface area contributed by atoms with Crippen molar-refractivity contribution < 1.29 is 5.11 Å². The lowest BCUT2D eigenvalue weighted by Gasteiger charge is -2.26. The molecule has 0 saturated carbocycles.